The molecule has 158 valence electrons. The van der Waals surface area contributed by atoms with Crippen LogP contribution in [0.15, 0.2) is 48.5 Å². The van der Waals surface area contributed by atoms with Crippen LogP contribution in [0.2, 0.25) is 5.15 Å². The monoisotopic (exact) mass is 428 g/mol. The first-order valence-electron chi connectivity index (χ1n) is 9.91. The van der Waals surface area contributed by atoms with Crippen LogP contribution in [0.25, 0.3) is 0 Å². The fourth-order valence-electron chi connectivity index (χ4n) is 3.23. The summed E-state index contributed by atoms with van der Waals surface area (Å²) in [7, 11) is 0. The molecule has 30 heavy (non-hydrogen) atoms. The molecule has 0 amide bonds. The summed E-state index contributed by atoms with van der Waals surface area (Å²) < 4.78 is 7.89. The number of halogens is 1. The number of hydrogen-bond donors (Lipinski definition) is 2. The summed E-state index contributed by atoms with van der Waals surface area (Å²) in [6, 6.07) is 14.5. The first-order valence-corrected chi connectivity index (χ1v) is 10.3. The number of benzene rings is 2. The van der Waals surface area contributed by atoms with E-state index in [2.05, 4.69) is 11.9 Å². The van der Waals surface area contributed by atoms with Crippen molar-refractivity contribution in [3.8, 4) is 5.75 Å². The highest BCUT2D eigenvalue weighted by Gasteiger charge is 2.18. The largest absolute Gasteiger partial charge is 0.489 e. The average molecular weight is 429 g/mol. The Bertz CT molecular complexity index is 1000. The molecule has 3 rings (SSSR count). The Morgan fingerprint density at radius 2 is 1.97 bits per heavy atom. The topological polar surface area (TPSA) is 84.6 Å². The summed E-state index contributed by atoms with van der Waals surface area (Å²) in [6.07, 6.45) is 2.70. The summed E-state index contributed by atoms with van der Waals surface area (Å²) in [6.45, 7) is 2.56. The third-order valence-electron chi connectivity index (χ3n) is 4.89. The van der Waals surface area contributed by atoms with E-state index in [9.17, 15) is 15.0 Å². The van der Waals surface area contributed by atoms with Gasteiger partial charge in [-0.15, -0.1) is 0 Å². The molecule has 0 saturated heterocycles. The minimum Gasteiger partial charge on any atom is -0.489 e. The summed E-state index contributed by atoms with van der Waals surface area (Å²) in [5, 5.41) is 19.5. The maximum atomic E-state index is 11.5. The van der Waals surface area contributed by atoms with E-state index < -0.39 is 5.97 Å². The van der Waals surface area contributed by atoms with Crippen LogP contribution in [0.4, 0.5) is 0 Å². The van der Waals surface area contributed by atoms with Crippen molar-refractivity contribution in [3.05, 3.63) is 81.9 Å². The lowest BCUT2D eigenvalue weighted by molar-refractivity contribution is 0.0696. The number of carbonyl (C=O) groups is 1. The van der Waals surface area contributed by atoms with Gasteiger partial charge in [0.1, 0.15) is 18.2 Å². The van der Waals surface area contributed by atoms with Crippen LogP contribution in [0.3, 0.4) is 0 Å². The standard InChI is InChI=1S/C23H25ClN2O4/c1-2-3-9-21-25-22(24)19(14-27)26(21)13-18-11-10-17(23(28)29)12-20(18)30-15-16-7-5-4-6-8-16/h4-8,10-12,27H,2-3,9,13-15H2,1H3,(H,28,29). The zero-order valence-electron chi connectivity index (χ0n) is 16.8. The van der Waals surface area contributed by atoms with E-state index in [4.69, 9.17) is 16.3 Å². The molecule has 1 heterocycles. The Morgan fingerprint density at radius 3 is 2.63 bits per heavy atom. The van der Waals surface area contributed by atoms with Gasteiger partial charge in [-0.1, -0.05) is 61.3 Å². The molecule has 0 aliphatic rings. The van der Waals surface area contributed by atoms with Crippen LogP contribution >= 0.6 is 11.6 Å². The molecular formula is C23H25ClN2O4. The predicted molar refractivity (Wildman–Crippen MR) is 115 cm³/mol. The Hall–Kier alpha value is -2.83. The molecule has 0 aliphatic carbocycles. The molecule has 0 unspecified atom stereocenters. The zero-order valence-corrected chi connectivity index (χ0v) is 17.6. The van der Waals surface area contributed by atoms with Gasteiger partial charge < -0.3 is 19.5 Å². The van der Waals surface area contributed by atoms with E-state index in [1.807, 2.05) is 34.9 Å². The number of nitrogens with zero attached hydrogens (tertiary/aromatic N) is 2. The van der Waals surface area contributed by atoms with Crippen LogP contribution in [-0.4, -0.2) is 25.7 Å². The van der Waals surface area contributed by atoms with Crippen molar-refractivity contribution in [3.63, 3.8) is 0 Å². The average Bonchev–Trinajstić information content (AvgIpc) is 3.06. The fourth-order valence-corrected chi connectivity index (χ4v) is 3.49. The number of carboxylic acids is 1. The first kappa shape index (κ1) is 21.9. The van der Waals surface area contributed by atoms with Crippen LogP contribution in [-0.2, 0) is 26.2 Å². The Morgan fingerprint density at radius 1 is 1.20 bits per heavy atom. The molecule has 2 N–H and O–H groups in total. The summed E-state index contributed by atoms with van der Waals surface area (Å²) in [4.78, 5) is 15.9. The number of aryl methyl sites for hydroxylation is 1. The van der Waals surface area contributed by atoms with E-state index in [0.29, 0.717) is 24.6 Å². The van der Waals surface area contributed by atoms with Gasteiger partial charge in [-0.25, -0.2) is 9.78 Å². The van der Waals surface area contributed by atoms with Crippen LogP contribution in [0, 0.1) is 0 Å². The molecule has 0 bridgehead atoms. The van der Waals surface area contributed by atoms with Crippen molar-refractivity contribution in [2.75, 3.05) is 0 Å². The molecule has 0 aliphatic heterocycles. The maximum Gasteiger partial charge on any atom is 0.335 e. The number of aliphatic hydroxyl groups is 1. The number of aromatic nitrogens is 2. The summed E-state index contributed by atoms with van der Waals surface area (Å²) in [5.74, 6) is 0.257. The van der Waals surface area contributed by atoms with Gasteiger partial charge >= 0.3 is 5.97 Å². The third kappa shape index (κ3) is 5.20. The highest BCUT2D eigenvalue weighted by atomic mass is 35.5. The normalized spacial score (nSPS) is 10.9. The lowest BCUT2D eigenvalue weighted by Crippen LogP contribution is -2.11. The smallest absolute Gasteiger partial charge is 0.335 e. The number of aromatic carboxylic acids is 1. The van der Waals surface area contributed by atoms with Gasteiger partial charge in [0.05, 0.1) is 24.4 Å². The maximum absolute atomic E-state index is 11.5. The molecule has 6 nitrogen and oxygen atoms in total. The number of unbranched alkanes of at least 4 members (excludes halogenated alkanes) is 1. The number of carboxylic acid groups (broad SMARTS) is 1. The first-order chi connectivity index (χ1) is 14.5. The second-order valence-electron chi connectivity index (χ2n) is 7.02. The van der Waals surface area contributed by atoms with Gasteiger partial charge in [-0.3, -0.25) is 0 Å². The Kier molecular flexibility index (Phi) is 7.49. The molecule has 2 aromatic carbocycles. The summed E-state index contributed by atoms with van der Waals surface area (Å²) >= 11 is 6.24. The lowest BCUT2D eigenvalue weighted by atomic mass is 10.1. The number of rotatable bonds is 10. The van der Waals surface area contributed by atoms with Gasteiger partial charge in [0.25, 0.3) is 0 Å². The zero-order chi connectivity index (χ0) is 21.5. The molecule has 7 heteroatoms. The Balaban J connectivity index is 1.94. The van der Waals surface area contributed by atoms with Gasteiger partial charge in [0, 0.05) is 12.0 Å². The van der Waals surface area contributed by atoms with Crippen molar-refractivity contribution >= 4 is 17.6 Å². The summed E-state index contributed by atoms with van der Waals surface area (Å²) in [5.41, 5.74) is 2.46. The quantitative estimate of drug-likeness (QED) is 0.489. The van der Waals surface area contributed by atoms with Crippen LogP contribution < -0.4 is 4.74 Å². The van der Waals surface area contributed by atoms with Gasteiger partial charge in [-0.05, 0) is 24.1 Å². The molecule has 0 fully saturated rings. The van der Waals surface area contributed by atoms with E-state index >= 15 is 0 Å². The highest BCUT2D eigenvalue weighted by Crippen LogP contribution is 2.27. The van der Waals surface area contributed by atoms with E-state index in [1.165, 1.54) is 6.07 Å². The second-order valence-corrected chi connectivity index (χ2v) is 7.37. The molecule has 1 aromatic heterocycles. The van der Waals surface area contributed by atoms with Gasteiger partial charge in [0.2, 0.25) is 0 Å². The lowest BCUT2D eigenvalue weighted by Gasteiger charge is -2.16. The Labute approximate surface area is 180 Å². The minimum absolute atomic E-state index is 0.152. The fraction of sp³-hybridized carbons (Fsp3) is 0.304. The molecule has 0 spiro atoms. The number of ether oxygens (including phenoxy) is 1. The highest BCUT2D eigenvalue weighted by molar-refractivity contribution is 6.30. The van der Waals surface area contributed by atoms with Crippen molar-refractivity contribution in [1.82, 2.24) is 9.55 Å². The van der Waals surface area contributed by atoms with Crippen molar-refractivity contribution in [2.24, 2.45) is 0 Å². The van der Waals surface area contributed by atoms with E-state index in [-0.39, 0.29) is 17.3 Å². The van der Waals surface area contributed by atoms with Crippen LogP contribution in [0.1, 0.15) is 52.8 Å². The molecule has 0 radical (unpaired) electrons. The molecule has 0 atom stereocenters. The SMILES string of the molecule is CCCCc1nc(Cl)c(CO)n1Cc1ccc(C(=O)O)cc1OCc1ccccc1. The van der Waals surface area contributed by atoms with Crippen molar-refractivity contribution < 1.29 is 19.7 Å². The second kappa shape index (κ2) is 10.3. The van der Waals surface area contributed by atoms with E-state index in [0.717, 1.165) is 36.2 Å². The van der Waals surface area contributed by atoms with E-state index in [1.54, 1.807) is 12.1 Å². The van der Waals surface area contributed by atoms with Crippen molar-refractivity contribution in [2.45, 2.75) is 45.9 Å². The number of imidazole rings is 1. The number of aliphatic hydroxyl groups excluding tert-OH is 1. The number of hydrogen-bond acceptors (Lipinski definition) is 4. The molecule has 3 aromatic rings. The molecule has 0 saturated carbocycles. The van der Waals surface area contributed by atoms with Crippen LogP contribution in [0.5, 0.6) is 5.75 Å². The van der Waals surface area contributed by atoms with Crippen molar-refractivity contribution in [1.29, 1.82) is 0 Å². The predicted octanol–water partition coefficient (Wildman–Crippen LogP) is 4.70. The molecular weight excluding hydrogens is 404 g/mol. The van der Waals surface area contributed by atoms with Gasteiger partial charge in [0.15, 0.2) is 5.15 Å². The minimum atomic E-state index is -1.02. The third-order valence-corrected chi connectivity index (χ3v) is 5.19. The van der Waals surface area contributed by atoms with Gasteiger partial charge in [-0.2, -0.15) is 0 Å².